The summed E-state index contributed by atoms with van der Waals surface area (Å²) in [5.74, 6) is 0.184. The molecule has 6 heteroatoms. The van der Waals surface area contributed by atoms with Crippen molar-refractivity contribution < 1.29 is 18.7 Å². The van der Waals surface area contributed by atoms with Gasteiger partial charge in [-0.2, -0.15) is 0 Å². The molecule has 2 amide bonds. The lowest BCUT2D eigenvalue weighted by molar-refractivity contribution is 0.0943. The van der Waals surface area contributed by atoms with Crippen molar-refractivity contribution in [2.45, 2.75) is 38.6 Å². The molecule has 2 aromatic carbocycles. The van der Waals surface area contributed by atoms with Crippen molar-refractivity contribution >= 4 is 11.8 Å². The van der Waals surface area contributed by atoms with Crippen molar-refractivity contribution in [2.24, 2.45) is 5.92 Å². The Morgan fingerprint density at radius 1 is 1.03 bits per heavy atom. The van der Waals surface area contributed by atoms with Crippen LogP contribution in [0.5, 0.6) is 5.75 Å². The largest absolute Gasteiger partial charge is 0.496 e. The molecule has 2 aliphatic carbocycles. The zero-order valence-corrected chi connectivity index (χ0v) is 16.7. The Morgan fingerprint density at radius 3 is 2.45 bits per heavy atom. The second-order valence-electron chi connectivity index (χ2n) is 7.95. The van der Waals surface area contributed by atoms with Crippen molar-refractivity contribution in [1.29, 1.82) is 0 Å². The van der Waals surface area contributed by atoms with Gasteiger partial charge in [-0.3, -0.25) is 9.59 Å². The highest BCUT2D eigenvalue weighted by Crippen LogP contribution is 2.35. The number of nitrogens with one attached hydrogen (secondary N) is 2. The molecule has 0 bridgehead atoms. The van der Waals surface area contributed by atoms with E-state index >= 15 is 0 Å². The molecule has 5 nitrogen and oxygen atoms in total. The van der Waals surface area contributed by atoms with Gasteiger partial charge in [-0.1, -0.05) is 0 Å². The SMILES string of the molecule is COc1cc(C(=O)NCC2CC2)ccc1-c1cc(C(=O)NC2CC2)cc(F)c1C. The summed E-state index contributed by atoms with van der Waals surface area (Å²) in [5.41, 5.74) is 2.42. The Hall–Kier alpha value is -2.89. The maximum absolute atomic E-state index is 14.6. The molecular formula is C23H25FN2O3. The number of carbonyl (C=O) groups excluding carboxylic acids is 2. The molecular weight excluding hydrogens is 371 g/mol. The van der Waals surface area contributed by atoms with Crippen LogP contribution in [0.1, 0.15) is 52.0 Å². The van der Waals surface area contributed by atoms with Crippen LogP contribution in [-0.4, -0.2) is 31.5 Å². The van der Waals surface area contributed by atoms with Crippen LogP contribution in [0.4, 0.5) is 4.39 Å². The Morgan fingerprint density at radius 2 is 1.79 bits per heavy atom. The predicted molar refractivity (Wildman–Crippen MR) is 109 cm³/mol. The van der Waals surface area contributed by atoms with Crippen molar-refractivity contribution in [1.82, 2.24) is 10.6 Å². The summed E-state index contributed by atoms with van der Waals surface area (Å²) in [6, 6.07) is 8.25. The summed E-state index contributed by atoms with van der Waals surface area (Å²) in [4.78, 5) is 24.8. The van der Waals surface area contributed by atoms with E-state index in [0.717, 1.165) is 25.7 Å². The lowest BCUT2D eigenvalue weighted by Crippen LogP contribution is -2.25. The molecule has 29 heavy (non-hydrogen) atoms. The van der Waals surface area contributed by atoms with Crippen LogP contribution in [0.2, 0.25) is 0 Å². The standard InChI is InChI=1S/C23H25FN2O3/c1-13-19(9-16(10-20(13)24)23(28)26-17-6-7-17)18-8-5-15(11-21(18)29-2)22(27)25-12-14-3-4-14/h5,8-11,14,17H,3-4,6-7,12H2,1-2H3,(H,25,27)(H,26,28). The molecule has 4 rings (SSSR count). The first kappa shape index (κ1) is 19.4. The molecule has 0 unspecified atom stereocenters. The fourth-order valence-electron chi connectivity index (χ4n) is 3.30. The van der Waals surface area contributed by atoms with Crippen LogP contribution in [-0.2, 0) is 0 Å². The Kier molecular flexibility index (Phi) is 5.26. The smallest absolute Gasteiger partial charge is 0.251 e. The van der Waals surface area contributed by atoms with Crippen LogP contribution < -0.4 is 15.4 Å². The Labute approximate surface area is 169 Å². The van der Waals surface area contributed by atoms with E-state index < -0.39 is 5.82 Å². The van der Waals surface area contributed by atoms with Gasteiger partial charge in [0.1, 0.15) is 11.6 Å². The van der Waals surface area contributed by atoms with Crippen LogP contribution in [0.25, 0.3) is 11.1 Å². The first-order valence-electron chi connectivity index (χ1n) is 10.0. The van der Waals surface area contributed by atoms with Gasteiger partial charge in [0.25, 0.3) is 11.8 Å². The number of carbonyl (C=O) groups is 2. The van der Waals surface area contributed by atoms with E-state index in [9.17, 15) is 14.0 Å². The molecule has 2 N–H and O–H groups in total. The average molecular weight is 396 g/mol. The van der Waals surface area contributed by atoms with Gasteiger partial charge in [-0.25, -0.2) is 4.39 Å². The number of halogens is 1. The zero-order valence-electron chi connectivity index (χ0n) is 16.7. The topological polar surface area (TPSA) is 67.4 Å². The fraction of sp³-hybridized carbons (Fsp3) is 0.391. The second kappa shape index (κ2) is 7.85. The third-order valence-corrected chi connectivity index (χ3v) is 5.52. The molecule has 152 valence electrons. The van der Waals surface area contributed by atoms with E-state index in [0.29, 0.717) is 40.5 Å². The van der Waals surface area contributed by atoms with E-state index in [1.807, 2.05) is 0 Å². The monoisotopic (exact) mass is 396 g/mol. The van der Waals surface area contributed by atoms with Gasteiger partial charge in [0.2, 0.25) is 0 Å². The Bertz CT molecular complexity index is 965. The normalized spacial score (nSPS) is 15.7. The van der Waals surface area contributed by atoms with E-state index in [2.05, 4.69) is 10.6 Å². The molecule has 2 aromatic rings. The van der Waals surface area contributed by atoms with Gasteiger partial charge in [0.05, 0.1) is 7.11 Å². The number of methoxy groups -OCH3 is 1. The zero-order chi connectivity index (χ0) is 20.5. The first-order chi connectivity index (χ1) is 14.0. The minimum Gasteiger partial charge on any atom is -0.496 e. The number of ether oxygens (including phenoxy) is 1. The van der Waals surface area contributed by atoms with Gasteiger partial charge >= 0.3 is 0 Å². The minimum atomic E-state index is -0.447. The lowest BCUT2D eigenvalue weighted by atomic mass is 9.95. The number of amides is 2. The van der Waals surface area contributed by atoms with Crippen LogP contribution in [0, 0.1) is 18.7 Å². The van der Waals surface area contributed by atoms with Gasteiger partial charge in [-0.05, 0) is 80.0 Å². The quantitative estimate of drug-likeness (QED) is 0.747. The van der Waals surface area contributed by atoms with Crippen LogP contribution >= 0.6 is 0 Å². The highest BCUT2D eigenvalue weighted by molar-refractivity contribution is 5.98. The number of benzene rings is 2. The number of rotatable bonds is 7. The minimum absolute atomic E-state index is 0.151. The van der Waals surface area contributed by atoms with Gasteiger partial charge in [-0.15, -0.1) is 0 Å². The molecule has 0 atom stereocenters. The fourth-order valence-corrected chi connectivity index (χ4v) is 3.30. The van der Waals surface area contributed by atoms with Crippen LogP contribution in [0.15, 0.2) is 30.3 Å². The maximum atomic E-state index is 14.6. The maximum Gasteiger partial charge on any atom is 0.251 e. The lowest BCUT2D eigenvalue weighted by Gasteiger charge is -2.15. The van der Waals surface area contributed by atoms with Gasteiger partial charge in [0.15, 0.2) is 0 Å². The summed E-state index contributed by atoms with van der Waals surface area (Å²) in [6.45, 7) is 2.36. The van der Waals surface area contributed by atoms with Crippen LogP contribution in [0.3, 0.4) is 0 Å². The third-order valence-electron chi connectivity index (χ3n) is 5.52. The van der Waals surface area contributed by atoms with Crippen molar-refractivity contribution in [2.75, 3.05) is 13.7 Å². The highest BCUT2D eigenvalue weighted by Gasteiger charge is 2.25. The van der Waals surface area contributed by atoms with Gasteiger partial charge < -0.3 is 15.4 Å². The summed E-state index contributed by atoms with van der Waals surface area (Å²) in [5, 5.41) is 5.82. The van der Waals surface area contributed by atoms with E-state index in [1.54, 1.807) is 31.2 Å². The molecule has 0 radical (unpaired) electrons. The number of hydrogen-bond acceptors (Lipinski definition) is 3. The van der Waals surface area contributed by atoms with Crippen molar-refractivity contribution in [3.05, 3.63) is 52.8 Å². The highest BCUT2D eigenvalue weighted by atomic mass is 19.1. The molecule has 0 spiro atoms. The summed E-state index contributed by atoms with van der Waals surface area (Å²) >= 11 is 0. The van der Waals surface area contributed by atoms with E-state index in [4.69, 9.17) is 4.74 Å². The third kappa shape index (κ3) is 4.42. The molecule has 0 aromatic heterocycles. The van der Waals surface area contributed by atoms with E-state index in [1.165, 1.54) is 13.2 Å². The molecule has 0 aliphatic heterocycles. The van der Waals surface area contributed by atoms with Crippen molar-refractivity contribution in [3.8, 4) is 16.9 Å². The molecule has 2 saturated carbocycles. The summed E-state index contributed by atoms with van der Waals surface area (Å²) in [6.07, 6.45) is 4.26. The summed E-state index contributed by atoms with van der Waals surface area (Å²) in [7, 11) is 1.51. The van der Waals surface area contributed by atoms with Gasteiger partial charge in [0, 0.05) is 29.3 Å². The van der Waals surface area contributed by atoms with Crippen molar-refractivity contribution in [3.63, 3.8) is 0 Å². The summed E-state index contributed by atoms with van der Waals surface area (Å²) < 4.78 is 20.1. The average Bonchev–Trinajstić information content (AvgIpc) is 3.63. The molecule has 0 saturated heterocycles. The van der Waals surface area contributed by atoms with E-state index in [-0.39, 0.29) is 23.4 Å². The predicted octanol–water partition coefficient (Wildman–Crippen LogP) is 3.84. The number of hydrogen-bond donors (Lipinski definition) is 2. The molecule has 0 heterocycles. The molecule has 2 fully saturated rings. The Balaban J connectivity index is 1.64. The second-order valence-corrected chi connectivity index (χ2v) is 7.95. The first-order valence-corrected chi connectivity index (χ1v) is 10.0. The molecule has 2 aliphatic rings.